The Morgan fingerprint density at radius 1 is 1.32 bits per heavy atom. The molecule has 1 aliphatic rings. The lowest BCUT2D eigenvalue weighted by Gasteiger charge is -2.26. The summed E-state index contributed by atoms with van der Waals surface area (Å²) in [6, 6.07) is 7.94. The van der Waals surface area contributed by atoms with Crippen molar-refractivity contribution in [3.63, 3.8) is 0 Å². The molecule has 1 aliphatic heterocycles. The van der Waals surface area contributed by atoms with E-state index in [4.69, 9.17) is 21.1 Å². The first kappa shape index (κ1) is 21.7. The summed E-state index contributed by atoms with van der Waals surface area (Å²) >= 11 is 7.36. The van der Waals surface area contributed by atoms with Gasteiger partial charge in [-0.1, -0.05) is 58.8 Å². The Kier molecular flexibility index (Phi) is 6.82. The highest BCUT2D eigenvalue weighted by molar-refractivity contribution is 7.18. The number of hydrogen-bond donors (Lipinski definition) is 0. The van der Waals surface area contributed by atoms with Crippen molar-refractivity contribution in [3.8, 4) is 0 Å². The smallest absolute Gasteiger partial charge is 0.350 e. The van der Waals surface area contributed by atoms with E-state index in [1.54, 1.807) is 6.08 Å². The van der Waals surface area contributed by atoms with Gasteiger partial charge in [0, 0.05) is 25.8 Å². The molecule has 0 saturated carbocycles. The summed E-state index contributed by atoms with van der Waals surface area (Å²) in [7, 11) is 0. The molecule has 9 heteroatoms. The molecule has 1 aromatic carbocycles. The lowest BCUT2D eigenvalue weighted by atomic mass is 10.1. The monoisotopic (exact) mass is 459 g/mol. The molecule has 31 heavy (non-hydrogen) atoms. The molecule has 3 heterocycles. The van der Waals surface area contributed by atoms with Crippen LogP contribution >= 0.6 is 22.9 Å². The molecule has 7 nitrogen and oxygen atoms in total. The van der Waals surface area contributed by atoms with Gasteiger partial charge in [-0.2, -0.15) is 0 Å². The van der Waals surface area contributed by atoms with Crippen LogP contribution in [0.4, 0.5) is 0 Å². The summed E-state index contributed by atoms with van der Waals surface area (Å²) in [6.45, 7) is 5.99. The molecule has 4 rings (SSSR count). The van der Waals surface area contributed by atoms with Gasteiger partial charge in [-0.05, 0) is 18.6 Å². The van der Waals surface area contributed by atoms with Gasteiger partial charge in [0.15, 0.2) is 4.96 Å². The Morgan fingerprint density at radius 2 is 2.13 bits per heavy atom. The lowest BCUT2D eigenvalue weighted by Crippen LogP contribution is -2.38. The fourth-order valence-corrected chi connectivity index (χ4v) is 4.32. The van der Waals surface area contributed by atoms with E-state index in [-0.39, 0.29) is 11.6 Å². The van der Waals surface area contributed by atoms with Crippen LogP contribution in [0.2, 0.25) is 5.02 Å². The number of ether oxygens (including phenoxy) is 2. The number of hydrogen-bond acceptors (Lipinski definition) is 7. The molecule has 0 unspecified atom stereocenters. The molecule has 0 aliphatic carbocycles. The normalized spacial score (nSPS) is 15.0. The average molecular weight is 460 g/mol. The van der Waals surface area contributed by atoms with Gasteiger partial charge < -0.3 is 9.47 Å². The predicted molar refractivity (Wildman–Crippen MR) is 122 cm³/mol. The van der Waals surface area contributed by atoms with Crippen LogP contribution in [0.5, 0.6) is 0 Å². The molecule has 1 fully saturated rings. The summed E-state index contributed by atoms with van der Waals surface area (Å²) in [4.78, 5) is 32.4. The van der Waals surface area contributed by atoms with E-state index in [9.17, 15) is 9.59 Å². The zero-order chi connectivity index (χ0) is 21.8. The van der Waals surface area contributed by atoms with Crippen molar-refractivity contribution in [2.45, 2.75) is 6.92 Å². The van der Waals surface area contributed by atoms with E-state index < -0.39 is 11.5 Å². The maximum atomic E-state index is 12.7. The van der Waals surface area contributed by atoms with Crippen molar-refractivity contribution in [2.24, 2.45) is 0 Å². The highest BCUT2D eigenvalue weighted by Gasteiger charge is 2.17. The van der Waals surface area contributed by atoms with Gasteiger partial charge in [-0.25, -0.2) is 9.78 Å². The van der Waals surface area contributed by atoms with Gasteiger partial charge in [0.2, 0.25) is 0 Å². The maximum absolute atomic E-state index is 12.7. The zero-order valence-corrected chi connectivity index (χ0v) is 18.6. The highest BCUT2D eigenvalue weighted by atomic mass is 35.5. The number of aromatic nitrogens is 2. The minimum atomic E-state index is -0.476. The average Bonchev–Trinajstić information content (AvgIpc) is 3.20. The fraction of sp³-hybridized carbons (Fsp3) is 0.318. The molecule has 0 N–H and O–H groups in total. The van der Waals surface area contributed by atoms with Crippen LogP contribution < -0.4 is 5.56 Å². The summed E-state index contributed by atoms with van der Waals surface area (Å²) in [5, 5.41) is 0.00596. The van der Waals surface area contributed by atoms with Crippen LogP contribution in [0.15, 0.2) is 35.3 Å². The number of morpholine rings is 1. The third-order valence-electron chi connectivity index (χ3n) is 4.92. The number of halogens is 1. The van der Waals surface area contributed by atoms with E-state index in [0.717, 1.165) is 35.6 Å². The van der Waals surface area contributed by atoms with E-state index in [1.165, 1.54) is 10.6 Å². The van der Waals surface area contributed by atoms with Crippen molar-refractivity contribution >= 4 is 46.0 Å². The van der Waals surface area contributed by atoms with Gasteiger partial charge in [0.05, 0.1) is 18.9 Å². The van der Waals surface area contributed by atoms with Gasteiger partial charge in [-0.15, -0.1) is 0 Å². The minimum Gasteiger partial charge on any atom is -0.460 e. The second-order valence-electron chi connectivity index (χ2n) is 7.20. The zero-order valence-electron chi connectivity index (χ0n) is 17.0. The standard InChI is InChI=1S/C22H22ClN3O4S/c1-15-3-2-4-16(13-15)5-6-17-19(23)20(27)26-14-18(31-22(26)24-17)21(28)30-12-9-25-7-10-29-11-8-25/h2-6,13-14H,7-12H2,1H3. The number of rotatable bonds is 6. The van der Waals surface area contributed by atoms with E-state index in [1.807, 2.05) is 37.3 Å². The summed E-state index contributed by atoms with van der Waals surface area (Å²) < 4.78 is 12.0. The van der Waals surface area contributed by atoms with Crippen molar-refractivity contribution in [2.75, 3.05) is 39.5 Å². The summed E-state index contributed by atoms with van der Waals surface area (Å²) in [5.74, 6) is -0.476. The topological polar surface area (TPSA) is 73.1 Å². The molecule has 1 saturated heterocycles. The highest BCUT2D eigenvalue weighted by Crippen LogP contribution is 2.20. The van der Waals surface area contributed by atoms with Crippen molar-refractivity contribution < 1.29 is 14.3 Å². The van der Waals surface area contributed by atoms with E-state index in [0.29, 0.717) is 35.3 Å². The lowest BCUT2D eigenvalue weighted by molar-refractivity contribution is 0.0197. The first-order valence-electron chi connectivity index (χ1n) is 9.95. The van der Waals surface area contributed by atoms with Crippen LogP contribution in [0.1, 0.15) is 26.5 Å². The number of aryl methyl sites for hydroxylation is 1. The first-order valence-corrected chi connectivity index (χ1v) is 11.1. The number of fused-ring (bicyclic) bond motifs is 1. The van der Waals surface area contributed by atoms with Crippen LogP contribution in [0.3, 0.4) is 0 Å². The number of esters is 1. The van der Waals surface area contributed by atoms with Gasteiger partial charge >= 0.3 is 5.97 Å². The summed E-state index contributed by atoms with van der Waals surface area (Å²) in [6.07, 6.45) is 5.00. The second-order valence-corrected chi connectivity index (χ2v) is 8.59. The van der Waals surface area contributed by atoms with E-state index >= 15 is 0 Å². The molecule has 162 valence electrons. The molecule has 0 spiro atoms. The maximum Gasteiger partial charge on any atom is 0.350 e. The molecule has 0 radical (unpaired) electrons. The number of thiazole rings is 1. The molecular weight excluding hydrogens is 438 g/mol. The fourth-order valence-electron chi connectivity index (χ4n) is 3.25. The van der Waals surface area contributed by atoms with Crippen LogP contribution in [-0.4, -0.2) is 59.7 Å². The van der Waals surface area contributed by atoms with Gasteiger partial charge in [-0.3, -0.25) is 14.1 Å². The predicted octanol–water partition coefficient (Wildman–Crippen LogP) is 3.38. The van der Waals surface area contributed by atoms with Crippen LogP contribution in [0.25, 0.3) is 17.1 Å². The SMILES string of the molecule is Cc1cccc(C=Cc2nc3sc(C(=O)OCCN4CCOCC4)cn3c(=O)c2Cl)c1. The van der Waals surface area contributed by atoms with Crippen molar-refractivity contribution in [3.05, 3.63) is 67.5 Å². The molecule has 0 atom stereocenters. The van der Waals surface area contributed by atoms with Crippen molar-refractivity contribution in [1.82, 2.24) is 14.3 Å². The molecule has 3 aromatic rings. The number of carbonyl (C=O) groups is 1. The largest absolute Gasteiger partial charge is 0.460 e. The third-order valence-corrected chi connectivity index (χ3v) is 6.24. The Morgan fingerprint density at radius 3 is 2.90 bits per heavy atom. The molecule has 0 bridgehead atoms. The Balaban J connectivity index is 1.49. The Hall–Kier alpha value is -2.52. The number of carbonyl (C=O) groups excluding carboxylic acids is 1. The van der Waals surface area contributed by atoms with Crippen LogP contribution in [0, 0.1) is 6.92 Å². The minimum absolute atomic E-state index is 0.00596. The van der Waals surface area contributed by atoms with Gasteiger partial charge in [0.25, 0.3) is 5.56 Å². The molecule has 2 aromatic heterocycles. The Labute approximate surface area is 188 Å². The van der Waals surface area contributed by atoms with E-state index in [2.05, 4.69) is 9.88 Å². The Bertz CT molecular complexity index is 1180. The second kappa shape index (κ2) is 9.74. The summed E-state index contributed by atoms with van der Waals surface area (Å²) in [5.41, 5.74) is 2.06. The third kappa shape index (κ3) is 5.22. The number of benzene rings is 1. The van der Waals surface area contributed by atoms with Crippen LogP contribution in [-0.2, 0) is 9.47 Å². The first-order chi connectivity index (χ1) is 15.0. The van der Waals surface area contributed by atoms with Crippen molar-refractivity contribution in [1.29, 1.82) is 0 Å². The molecule has 0 amide bonds. The quantitative estimate of drug-likeness (QED) is 0.526. The molecular formula is C22H22ClN3O4S. The number of nitrogens with zero attached hydrogens (tertiary/aromatic N) is 3. The van der Waals surface area contributed by atoms with Gasteiger partial charge in [0.1, 0.15) is 16.5 Å².